The van der Waals surface area contributed by atoms with Crippen molar-refractivity contribution in [1.82, 2.24) is 0 Å². The Morgan fingerprint density at radius 2 is 1.47 bits per heavy atom. The van der Waals surface area contributed by atoms with Gasteiger partial charge in [0.2, 0.25) is 0 Å². The zero-order valence-corrected chi connectivity index (χ0v) is 12.0. The Morgan fingerprint density at radius 1 is 0.842 bits per heavy atom. The molecule has 0 radical (unpaired) electrons. The first-order valence-corrected chi connectivity index (χ1v) is 6.50. The Hall–Kier alpha value is -2.09. The maximum atomic E-state index is 4.30. The van der Waals surface area contributed by atoms with E-state index in [2.05, 4.69) is 62.5 Å². The first-order valence-electron chi connectivity index (χ1n) is 6.50. The molecule has 0 aliphatic rings. The van der Waals surface area contributed by atoms with Crippen molar-refractivity contribution in [2.75, 3.05) is 5.43 Å². The fraction of sp³-hybridized carbons (Fsp3) is 0.235. The molecule has 0 saturated carbocycles. The minimum Gasteiger partial charge on any atom is -0.279 e. The number of hydrazone groups is 1. The van der Waals surface area contributed by atoms with Crippen LogP contribution in [0.3, 0.4) is 0 Å². The van der Waals surface area contributed by atoms with E-state index in [0.29, 0.717) is 0 Å². The number of hydrogen-bond acceptors (Lipinski definition) is 2. The Balaban J connectivity index is 2.11. The van der Waals surface area contributed by atoms with Gasteiger partial charge in [-0.15, -0.1) is 0 Å². The predicted molar refractivity (Wildman–Crippen MR) is 83.0 cm³/mol. The van der Waals surface area contributed by atoms with Gasteiger partial charge in [0.25, 0.3) is 0 Å². The van der Waals surface area contributed by atoms with Crippen LogP contribution < -0.4 is 5.43 Å². The van der Waals surface area contributed by atoms with Crippen molar-refractivity contribution in [1.29, 1.82) is 0 Å². The van der Waals surface area contributed by atoms with Crippen molar-refractivity contribution in [2.24, 2.45) is 5.10 Å². The minimum absolute atomic E-state index is 1.00. The number of benzene rings is 2. The topological polar surface area (TPSA) is 24.4 Å². The van der Waals surface area contributed by atoms with Gasteiger partial charge in [-0.2, -0.15) is 5.10 Å². The summed E-state index contributed by atoms with van der Waals surface area (Å²) in [7, 11) is 0. The van der Waals surface area contributed by atoms with Crippen LogP contribution in [0.1, 0.15) is 27.8 Å². The van der Waals surface area contributed by atoms with Crippen LogP contribution in [0, 0.1) is 27.7 Å². The lowest BCUT2D eigenvalue weighted by Gasteiger charge is -2.06. The van der Waals surface area contributed by atoms with Crippen LogP contribution in [0.15, 0.2) is 41.5 Å². The number of nitrogens with zero attached hydrogens (tertiary/aromatic N) is 1. The van der Waals surface area contributed by atoms with E-state index in [1.807, 2.05) is 18.3 Å². The standard InChI is InChI=1S/C17H20N2/c1-12-5-7-17(8-6-12)19-18-11-16-10-14(3)13(2)9-15(16)4/h5-11,19H,1-4H3/b18-11-. The van der Waals surface area contributed by atoms with Crippen LogP contribution in [-0.2, 0) is 0 Å². The molecule has 0 aliphatic heterocycles. The van der Waals surface area contributed by atoms with Gasteiger partial charge in [-0.25, -0.2) is 0 Å². The lowest BCUT2D eigenvalue weighted by atomic mass is 10.0. The fourth-order valence-electron chi connectivity index (χ4n) is 1.93. The van der Waals surface area contributed by atoms with Crippen LogP contribution in [0.4, 0.5) is 5.69 Å². The molecule has 0 saturated heterocycles. The first kappa shape index (κ1) is 13.3. The third-order valence-electron chi connectivity index (χ3n) is 3.33. The van der Waals surface area contributed by atoms with Crippen LogP contribution in [0.5, 0.6) is 0 Å². The molecule has 0 aliphatic carbocycles. The Bertz CT molecular complexity index is 595. The van der Waals surface area contributed by atoms with Gasteiger partial charge >= 0.3 is 0 Å². The Morgan fingerprint density at radius 3 is 2.16 bits per heavy atom. The molecular formula is C17H20N2. The summed E-state index contributed by atoms with van der Waals surface area (Å²) in [6.07, 6.45) is 1.88. The SMILES string of the molecule is Cc1ccc(N/N=C\c2cc(C)c(C)cc2C)cc1. The summed E-state index contributed by atoms with van der Waals surface area (Å²) in [6.45, 7) is 8.44. The predicted octanol–water partition coefficient (Wildman–Crippen LogP) is 4.37. The largest absolute Gasteiger partial charge is 0.279 e. The highest BCUT2D eigenvalue weighted by Gasteiger charge is 1.99. The number of aryl methyl sites for hydroxylation is 4. The highest BCUT2D eigenvalue weighted by molar-refractivity contribution is 5.82. The molecule has 2 rings (SSSR count). The quantitative estimate of drug-likeness (QED) is 0.636. The minimum atomic E-state index is 1.00. The highest BCUT2D eigenvalue weighted by atomic mass is 15.3. The van der Waals surface area contributed by atoms with Crippen LogP contribution in [0.25, 0.3) is 0 Å². The van der Waals surface area contributed by atoms with Gasteiger partial charge in [-0.05, 0) is 68.1 Å². The van der Waals surface area contributed by atoms with Crippen molar-refractivity contribution in [3.63, 3.8) is 0 Å². The van der Waals surface area contributed by atoms with E-state index in [4.69, 9.17) is 0 Å². The summed E-state index contributed by atoms with van der Waals surface area (Å²) >= 11 is 0. The molecule has 0 amide bonds. The van der Waals surface area contributed by atoms with Gasteiger partial charge in [0.15, 0.2) is 0 Å². The van der Waals surface area contributed by atoms with Gasteiger partial charge in [-0.3, -0.25) is 5.43 Å². The normalized spacial score (nSPS) is 10.9. The third kappa shape index (κ3) is 3.44. The molecule has 0 spiro atoms. The molecule has 1 N–H and O–H groups in total. The smallest absolute Gasteiger partial charge is 0.0561 e. The van der Waals surface area contributed by atoms with Crippen LogP contribution in [0.2, 0.25) is 0 Å². The summed E-state index contributed by atoms with van der Waals surface area (Å²) in [5.74, 6) is 0. The van der Waals surface area contributed by atoms with Crippen molar-refractivity contribution in [2.45, 2.75) is 27.7 Å². The van der Waals surface area contributed by atoms with Gasteiger partial charge in [0, 0.05) is 0 Å². The summed E-state index contributed by atoms with van der Waals surface area (Å²) in [4.78, 5) is 0. The van der Waals surface area contributed by atoms with Crippen LogP contribution in [-0.4, -0.2) is 6.21 Å². The zero-order valence-electron chi connectivity index (χ0n) is 12.0. The van der Waals surface area contributed by atoms with Crippen LogP contribution >= 0.6 is 0 Å². The lowest BCUT2D eigenvalue weighted by molar-refractivity contribution is 1.28. The van der Waals surface area contributed by atoms with E-state index >= 15 is 0 Å². The molecule has 0 heterocycles. The second-order valence-corrected chi connectivity index (χ2v) is 5.03. The summed E-state index contributed by atoms with van der Waals surface area (Å²) in [5.41, 5.74) is 10.3. The second kappa shape index (κ2) is 5.70. The fourth-order valence-corrected chi connectivity index (χ4v) is 1.93. The highest BCUT2D eigenvalue weighted by Crippen LogP contribution is 2.14. The van der Waals surface area contributed by atoms with Gasteiger partial charge < -0.3 is 0 Å². The maximum Gasteiger partial charge on any atom is 0.0561 e. The number of nitrogens with one attached hydrogen (secondary N) is 1. The summed E-state index contributed by atoms with van der Waals surface area (Å²) < 4.78 is 0. The van der Waals surface area contributed by atoms with E-state index in [-0.39, 0.29) is 0 Å². The monoisotopic (exact) mass is 252 g/mol. The molecule has 0 bridgehead atoms. The number of hydrogen-bond donors (Lipinski definition) is 1. The molecule has 2 nitrogen and oxygen atoms in total. The molecule has 2 aromatic rings. The number of rotatable bonds is 3. The second-order valence-electron chi connectivity index (χ2n) is 5.03. The summed E-state index contributed by atoms with van der Waals surface area (Å²) in [5, 5.41) is 4.30. The molecule has 98 valence electrons. The number of anilines is 1. The molecular weight excluding hydrogens is 232 g/mol. The molecule has 0 aromatic heterocycles. The summed E-state index contributed by atoms with van der Waals surface area (Å²) in [6, 6.07) is 12.6. The van der Waals surface area contributed by atoms with E-state index in [9.17, 15) is 0 Å². The first-order chi connectivity index (χ1) is 9.06. The average molecular weight is 252 g/mol. The van der Waals surface area contributed by atoms with E-state index in [1.54, 1.807) is 0 Å². The zero-order chi connectivity index (χ0) is 13.8. The van der Waals surface area contributed by atoms with E-state index in [0.717, 1.165) is 11.3 Å². The van der Waals surface area contributed by atoms with Crippen molar-refractivity contribution in [3.05, 3.63) is 64.2 Å². The third-order valence-corrected chi connectivity index (χ3v) is 3.33. The Kier molecular flexibility index (Phi) is 4.00. The Labute approximate surface area is 115 Å². The average Bonchev–Trinajstić information content (AvgIpc) is 2.38. The van der Waals surface area contributed by atoms with Crippen molar-refractivity contribution in [3.8, 4) is 0 Å². The molecule has 0 unspecified atom stereocenters. The molecule has 0 fully saturated rings. The van der Waals surface area contributed by atoms with Gasteiger partial charge in [0.05, 0.1) is 11.9 Å². The van der Waals surface area contributed by atoms with Gasteiger partial charge in [-0.1, -0.05) is 23.8 Å². The lowest BCUT2D eigenvalue weighted by Crippen LogP contribution is -1.95. The molecule has 2 heteroatoms. The van der Waals surface area contributed by atoms with Crippen molar-refractivity contribution < 1.29 is 0 Å². The van der Waals surface area contributed by atoms with Crippen molar-refractivity contribution >= 4 is 11.9 Å². The molecule has 19 heavy (non-hydrogen) atoms. The molecule has 0 atom stereocenters. The molecule has 2 aromatic carbocycles. The van der Waals surface area contributed by atoms with Gasteiger partial charge in [0.1, 0.15) is 0 Å². The van der Waals surface area contributed by atoms with E-state index in [1.165, 1.54) is 22.3 Å². The van der Waals surface area contributed by atoms with E-state index < -0.39 is 0 Å². The maximum absolute atomic E-state index is 4.30.